The minimum absolute atomic E-state index is 0.0229. The first-order valence-corrected chi connectivity index (χ1v) is 11.9. The minimum Gasteiger partial charge on any atom is -0.317 e. The first kappa shape index (κ1) is 22.1. The number of rotatable bonds is 7. The highest BCUT2D eigenvalue weighted by Gasteiger charge is 2.16. The number of nitro groups is 1. The normalized spacial score (nSPS) is 12.4. The van der Waals surface area contributed by atoms with Gasteiger partial charge in [0.1, 0.15) is 0 Å². The van der Waals surface area contributed by atoms with E-state index in [1.807, 2.05) is 6.92 Å². The van der Waals surface area contributed by atoms with Crippen LogP contribution in [-0.2, 0) is 21.2 Å². The van der Waals surface area contributed by atoms with Crippen LogP contribution in [0.15, 0.2) is 52.4 Å². The minimum atomic E-state index is -3.51. The Morgan fingerprint density at radius 2 is 1.93 bits per heavy atom. The Balaban J connectivity index is 1.75. The Labute approximate surface area is 181 Å². The molecule has 0 radical (unpaired) electrons. The lowest BCUT2D eigenvalue weighted by molar-refractivity contribution is -0.384. The predicted molar refractivity (Wildman–Crippen MR) is 115 cm³/mol. The molecule has 158 valence electrons. The Bertz CT molecular complexity index is 1280. The summed E-state index contributed by atoms with van der Waals surface area (Å²) in [5, 5.41) is 11.4. The molecule has 0 N–H and O–H groups in total. The van der Waals surface area contributed by atoms with Gasteiger partial charge < -0.3 is 4.57 Å². The van der Waals surface area contributed by atoms with Crippen molar-refractivity contribution in [1.82, 2.24) is 4.57 Å². The second-order valence-corrected chi connectivity index (χ2v) is 9.97. The van der Waals surface area contributed by atoms with Crippen molar-refractivity contribution in [2.45, 2.75) is 31.2 Å². The average Bonchev–Trinajstić information content (AvgIpc) is 3.03. The van der Waals surface area contributed by atoms with E-state index in [1.54, 1.807) is 10.6 Å². The van der Waals surface area contributed by atoms with Gasteiger partial charge in [-0.25, -0.2) is 8.42 Å². The zero-order valence-electron chi connectivity index (χ0n) is 15.9. The second-order valence-electron chi connectivity index (χ2n) is 6.42. The molecule has 0 aliphatic heterocycles. The molecule has 0 atom stereocenters. The fourth-order valence-electron chi connectivity index (χ4n) is 2.90. The van der Waals surface area contributed by atoms with Crippen LogP contribution in [0.4, 0.5) is 5.69 Å². The lowest BCUT2D eigenvalue weighted by atomic mass is 10.3. The van der Waals surface area contributed by atoms with Crippen molar-refractivity contribution in [2.75, 3.05) is 5.75 Å². The number of aryl methyl sites for hydroxylation is 1. The van der Waals surface area contributed by atoms with Crippen molar-refractivity contribution in [1.29, 1.82) is 0 Å². The molecule has 0 saturated heterocycles. The summed E-state index contributed by atoms with van der Waals surface area (Å²) >= 11 is 6.96. The smallest absolute Gasteiger partial charge is 0.270 e. The van der Waals surface area contributed by atoms with Crippen LogP contribution in [0.1, 0.15) is 19.8 Å². The van der Waals surface area contributed by atoms with Gasteiger partial charge in [0, 0.05) is 30.1 Å². The topological polar surface area (TPSA) is 112 Å². The van der Waals surface area contributed by atoms with Crippen LogP contribution < -0.4 is 4.80 Å². The van der Waals surface area contributed by atoms with Gasteiger partial charge in [0.15, 0.2) is 14.6 Å². The van der Waals surface area contributed by atoms with Gasteiger partial charge in [-0.2, -0.15) is 4.99 Å². The van der Waals surface area contributed by atoms with Crippen LogP contribution in [0.2, 0.25) is 5.02 Å². The van der Waals surface area contributed by atoms with Crippen LogP contribution in [0.25, 0.3) is 10.2 Å². The summed E-state index contributed by atoms with van der Waals surface area (Å²) in [6.07, 6.45) is 0.112. The zero-order valence-corrected chi connectivity index (χ0v) is 18.3. The van der Waals surface area contributed by atoms with Crippen molar-refractivity contribution in [3.63, 3.8) is 0 Å². The second kappa shape index (κ2) is 9.07. The molecule has 30 heavy (non-hydrogen) atoms. The monoisotopic (exact) mass is 467 g/mol. The van der Waals surface area contributed by atoms with Gasteiger partial charge in [-0.05, 0) is 43.7 Å². The van der Waals surface area contributed by atoms with Crippen LogP contribution in [-0.4, -0.2) is 29.6 Å². The van der Waals surface area contributed by atoms with E-state index in [1.165, 1.54) is 47.7 Å². The molecule has 3 aromatic rings. The van der Waals surface area contributed by atoms with Crippen LogP contribution in [0.5, 0.6) is 0 Å². The number of benzene rings is 2. The number of hydrogen-bond donors (Lipinski definition) is 0. The SMILES string of the molecule is CCn1c(=NC(=O)CCCS(=O)(=O)c2ccc(Cl)cc2)sc2cc([N+](=O)[O-])ccc21. The molecule has 0 bridgehead atoms. The summed E-state index contributed by atoms with van der Waals surface area (Å²) in [5.41, 5.74) is 0.724. The molecule has 0 aliphatic rings. The predicted octanol–water partition coefficient (Wildman–Crippen LogP) is 3.97. The van der Waals surface area contributed by atoms with Gasteiger partial charge in [0.25, 0.3) is 5.69 Å². The molecule has 3 rings (SSSR count). The number of thiazole rings is 1. The largest absolute Gasteiger partial charge is 0.317 e. The van der Waals surface area contributed by atoms with Gasteiger partial charge in [0.2, 0.25) is 5.91 Å². The Kier molecular flexibility index (Phi) is 6.69. The van der Waals surface area contributed by atoms with E-state index in [0.717, 1.165) is 5.52 Å². The van der Waals surface area contributed by atoms with Gasteiger partial charge >= 0.3 is 0 Å². The summed E-state index contributed by atoms with van der Waals surface area (Å²) in [5.74, 6) is -0.619. The van der Waals surface area contributed by atoms with E-state index < -0.39 is 20.7 Å². The summed E-state index contributed by atoms with van der Waals surface area (Å²) < 4.78 is 27.1. The number of halogens is 1. The van der Waals surface area contributed by atoms with Crippen LogP contribution in [0.3, 0.4) is 0 Å². The lowest BCUT2D eigenvalue weighted by Crippen LogP contribution is -2.16. The van der Waals surface area contributed by atoms with Crippen LogP contribution in [0, 0.1) is 10.1 Å². The Morgan fingerprint density at radius 3 is 2.57 bits per heavy atom. The van der Waals surface area contributed by atoms with Crippen molar-refractivity contribution in [3.8, 4) is 0 Å². The van der Waals surface area contributed by atoms with E-state index in [2.05, 4.69) is 4.99 Å². The molecule has 0 fully saturated rings. The molecule has 0 unspecified atom stereocenters. The zero-order chi connectivity index (χ0) is 21.9. The summed E-state index contributed by atoms with van der Waals surface area (Å²) in [6, 6.07) is 10.4. The third-order valence-electron chi connectivity index (χ3n) is 4.39. The number of amides is 1. The maximum Gasteiger partial charge on any atom is 0.270 e. The van der Waals surface area contributed by atoms with Crippen molar-refractivity contribution in [3.05, 3.63) is 62.4 Å². The maximum atomic E-state index is 12.3. The van der Waals surface area contributed by atoms with E-state index in [0.29, 0.717) is 21.1 Å². The number of nitrogens with zero attached hydrogens (tertiary/aromatic N) is 3. The third kappa shape index (κ3) is 4.94. The Hall–Kier alpha value is -2.56. The number of sulfone groups is 1. The van der Waals surface area contributed by atoms with Crippen molar-refractivity contribution < 1.29 is 18.1 Å². The average molecular weight is 468 g/mol. The quantitative estimate of drug-likeness (QED) is 0.385. The van der Waals surface area contributed by atoms with Crippen molar-refractivity contribution >= 4 is 54.6 Å². The molecule has 0 spiro atoms. The Morgan fingerprint density at radius 1 is 1.23 bits per heavy atom. The molecule has 1 aromatic heterocycles. The van der Waals surface area contributed by atoms with Gasteiger partial charge in [-0.3, -0.25) is 14.9 Å². The highest BCUT2D eigenvalue weighted by Crippen LogP contribution is 2.23. The maximum absolute atomic E-state index is 12.3. The lowest BCUT2D eigenvalue weighted by Gasteiger charge is -2.03. The summed E-state index contributed by atoms with van der Waals surface area (Å²) in [7, 11) is -3.51. The molecule has 0 saturated carbocycles. The highest BCUT2D eigenvalue weighted by atomic mass is 35.5. The molecular weight excluding hydrogens is 450 g/mol. The number of fused-ring (bicyclic) bond motifs is 1. The van der Waals surface area contributed by atoms with E-state index in [4.69, 9.17) is 11.6 Å². The summed E-state index contributed by atoms with van der Waals surface area (Å²) in [4.78, 5) is 27.5. The number of nitro benzene ring substituents is 1. The highest BCUT2D eigenvalue weighted by molar-refractivity contribution is 7.91. The molecular formula is C19H18ClN3O5S2. The molecule has 1 amide bonds. The first-order chi connectivity index (χ1) is 14.2. The standard InChI is InChI=1S/C19H18ClN3O5S2/c1-2-22-16-10-7-14(23(25)26)12-17(16)29-19(22)21-18(24)4-3-11-30(27,28)15-8-5-13(20)6-9-15/h5-10,12H,2-4,11H2,1H3. The first-order valence-electron chi connectivity index (χ1n) is 9.05. The van der Waals surface area contributed by atoms with Crippen LogP contribution >= 0.6 is 22.9 Å². The number of carbonyl (C=O) groups excluding carboxylic acids is 1. The molecule has 1 heterocycles. The number of carbonyl (C=O) groups is 1. The van der Waals surface area contributed by atoms with Gasteiger partial charge in [-0.1, -0.05) is 22.9 Å². The van der Waals surface area contributed by atoms with E-state index in [9.17, 15) is 23.3 Å². The number of non-ortho nitro benzene ring substituents is 1. The molecule has 2 aromatic carbocycles. The number of hydrogen-bond acceptors (Lipinski definition) is 6. The fraction of sp³-hybridized carbons (Fsp3) is 0.263. The fourth-order valence-corrected chi connectivity index (χ4v) is 5.48. The third-order valence-corrected chi connectivity index (χ3v) is 7.50. The van der Waals surface area contributed by atoms with Crippen molar-refractivity contribution in [2.24, 2.45) is 4.99 Å². The molecule has 11 heteroatoms. The molecule has 0 aliphatic carbocycles. The van der Waals surface area contributed by atoms with E-state index in [-0.39, 0.29) is 29.2 Å². The number of aromatic nitrogens is 1. The van der Waals surface area contributed by atoms with E-state index >= 15 is 0 Å². The molecule has 8 nitrogen and oxygen atoms in total. The van der Waals surface area contributed by atoms with Gasteiger partial charge in [-0.15, -0.1) is 0 Å². The summed E-state index contributed by atoms with van der Waals surface area (Å²) in [6.45, 7) is 2.42. The van der Waals surface area contributed by atoms with Gasteiger partial charge in [0.05, 0.1) is 25.8 Å².